The van der Waals surface area contributed by atoms with Gasteiger partial charge in [0.1, 0.15) is 12.4 Å². The Morgan fingerprint density at radius 1 is 0.932 bits per heavy atom. The zero-order valence-corrected chi connectivity index (χ0v) is 26.3. The monoisotopic (exact) mass is 602 g/mol. The van der Waals surface area contributed by atoms with E-state index >= 15 is 0 Å². The average Bonchev–Trinajstić information content (AvgIpc) is 3.38. The number of esters is 2. The van der Waals surface area contributed by atoms with Gasteiger partial charge in [0.15, 0.2) is 5.60 Å². The van der Waals surface area contributed by atoms with Crippen LogP contribution in [0.2, 0.25) is 0 Å². The maximum absolute atomic E-state index is 13.4. The van der Waals surface area contributed by atoms with Gasteiger partial charge in [-0.25, -0.2) is 9.78 Å². The van der Waals surface area contributed by atoms with Crippen molar-refractivity contribution in [3.8, 4) is 17.1 Å². The number of benzene rings is 1. The van der Waals surface area contributed by atoms with Crippen molar-refractivity contribution in [2.45, 2.75) is 129 Å². The second kappa shape index (κ2) is 14.5. The number of pyridine rings is 2. The topological polar surface area (TPSA) is 108 Å². The molecular formula is C36H46N2O6. The predicted octanol–water partition coefficient (Wildman–Crippen LogP) is 7.47. The summed E-state index contributed by atoms with van der Waals surface area (Å²) in [7, 11) is 0. The van der Waals surface area contributed by atoms with Gasteiger partial charge >= 0.3 is 11.9 Å². The number of nitrogens with zero attached hydrogens (tertiary/aromatic N) is 2. The number of unbranched alkanes of at least 4 members (excludes halogenated alkanes) is 12. The Morgan fingerprint density at radius 2 is 1.59 bits per heavy atom. The van der Waals surface area contributed by atoms with Crippen molar-refractivity contribution in [1.29, 1.82) is 0 Å². The molecule has 0 amide bonds. The van der Waals surface area contributed by atoms with Crippen LogP contribution in [0.1, 0.15) is 127 Å². The number of carbonyl (C=O) groups excluding carboxylic acids is 2. The minimum atomic E-state index is -1.85. The highest BCUT2D eigenvalue weighted by atomic mass is 16.6. The lowest BCUT2D eigenvalue weighted by molar-refractivity contribution is -0.172. The second-order valence-electron chi connectivity index (χ2n) is 12.4. The Morgan fingerprint density at radius 3 is 2.25 bits per heavy atom. The molecule has 0 spiro atoms. The Hall–Kier alpha value is -3.52. The van der Waals surface area contributed by atoms with Crippen molar-refractivity contribution in [2.75, 3.05) is 0 Å². The number of rotatable bonds is 16. The second-order valence-corrected chi connectivity index (χ2v) is 12.4. The molecule has 4 heterocycles. The van der Waals surface area contributed by atoms with Crippen LogP contribution in [0.3, 0.4) is 0 Å². The molecule has 2 aliphatic heterocycles. The summed E-state index contributed by atoms with van der Waals surface area (Å²) in [4.78, 5) is 43.1. The summed E-state index contributed by atoms with van der Waals surface area (Å²) in [6.45, 7) is 4.10. The highest BCUT2D eigenvalue weighted by Crippen LogP contribution is 2.39. The Bertz CT molecular complexity index is 1560. The van der Waals surface area contributed by atoms with Crippen LogP contribution in [0.5, 0.6) is 5.75 Å². The molecule has 1 aromatic carbocycles. The number of hydrogen-bond acceptors (Lipinski definition) is 7. The van der Waals surface area contributed by atoms with Crippen molar-refractivity contribution in [3.63, 3.8) is 0 Å². The third kappa shape index (κ3) is 6.90. The summed E-state index contributed by atoms with van der Waals surface area (Å²) >= 11 is 0. The van der Waals surface area contributed by atoms with Gasteiger partial charge in [-0.1, -0.05) is 90.9 Å². The molecule has 2 aliphatic rings. The van der Waals surface area contributed by atoms with Crippen LogP contribution >= 0.6 is 0 Å². The SMILES string of the molecule is CCCCCCCCCCCCCCCC(=O)Oc1ccc2nc3c(cc2c1)Cn1c-3cc2c(c1=O)COC(=O)[C@]2(O)CC. The molecule has 0 saturated carbocycles. The first-order valence-electron chi connectivity index (χ1n) is 16.7. The largest absolute Gasteiger partial charge is 0.458 e. The van der Waals surface area contributed by atoms with Crippen LogP contribution in [-0.2, 0) is 33.1 Å². The highest BCUT2D eigenvalue weighted by molar-refractivity contribution is 5.87. The van der Waals surface area contributed by atoms with Gasteiger partial charge in [-0.05, 0) is 43.2 Å². The first kappa shape index (κ1) is 31.9. The van der Waals surface area contributed by atoms with E-state index in [1.54, 1.807) is 23.6 Å². The third-order valence-corrected chi connectivity index (χ3v) is 9.20. The van der Waals surface area contributed by atoms with Crippen molar-refractivity contribution < 1.29 is 24.2 Å². The first-order chi connectivity index (χ1) is 21.4. The van der Waals surface area contributed by atoms with Gasteiger partial charge in [0.2, 0.25) is 0 Å². The lowest BCUT2D eigenvalue weighted by Gasteiger charge is -2.31. The molecule has 0 fully saturated rings. The summed E-state index contributed by atoms with van der Waals surface area (Å²) in [5.41, 5.74) is 1.21. The molecule has 0 saturated heterocycles. The van der Waals surface area contributed by atoms with Crippen molar-refractivity contribution in [2.24, 2.45) is 0 Å². The van der Waals surface area contributed by atoms with Gasteiger partial charge in [-0.3, -0.25) is 9.59 Å². The molecular weight excluding hydrogens is 556 g/mol. The smallest absolute Gasteiger partial charge is 0.343 e. The number of ether oxygens (including phenoxy) is 2. The fraction of sp³-hybridized carbons (Fsp3) is 0.556. The lowest BCUT2D eigenvalue weighted by atomic mass is 9.86. The van der Waals surface area contributed by atoms with Crippen LogP contribution < -0.4 is 10.3 Å². The number of aromatic nitrogens is 2. The van der Waals surface area contributed by atoms with E-state index in [0.29, 0.717) is 46.7 Å². The van der Waals surface area contributed by atoms with E-state index in [4.69, 9.17) is 14.5 Å². The minimum absolute atomic E-state index is 0.0978. The molecule has 0 aliphatic carbocycles. The van der Waals surface area contributed by atoms with Crippen molar-refractivity contribution in [1.82, 2.24) is 9.55 Å². The van der Waals surface area contributed by atoms with E-state index in [-0.39, 0.29) is 24.6 Å². The molecule has 3 aromatic rings. The number of fused-ring (bicyclic) bond motifs is 5. The Labute approximate surface area is 259 Å². The molecule has 0 unspecified atom stereocenters. The van der Waals surface area contributed by atoms with Gasteiger partial charge in [-0.15, -0.1) is 0 Å². The summed E-state index contributed by atoms with van der Waals surface area (Å²) in [5.74, 6) is -0.491. The van der Waals surface area contributed by atoms with Gasteiger partial charge in [0.05, 0.1) is 29.0 Å². The van der Waals surface area contributed by atoms with Gasteiger partial charge in [-0.2, -0.15) is 0 Å². The van der Waals surface area contributed by atoms with Crippen LogP contribution in [0.4, 0.5) is 0 Å². The third-order valence-electron chi connectivity index (χ3n) is 9.20. The maximum Gasteiger partial charge on any atom is 0.343 e. The molecule has 236 valence electrons. The summed E-state index contributed by atoms with van der Waals surface area (Å²) in [6, 6.07) is 9.02. The average molecular weight is 603 g/mol. The fourth-order valence-electron chi connectivity index (χ4n) is 6.50. The van der Waals surface area contributed by atoms with Gasteiger partial charge in [0, 0.05) is 22.9 Å². The van der Waals surface area contributed by atoms with Crippen LogP contribution in [0.15, 0.2) is 35.1 Å². The number of hydrogen-bond donors (Lipinski definition) is 1. The van der Waals surface area contributed by atoms with Crippen molar-refractivity contribution >= 4 is 22.8 Å². The molecule has 0 bridgehead atoms. The fourth-order valence-corrected chi connectivity index (χ4v) is 6.50. The zero-order valence-electron chi connectivity index (χ0n) is 26.3. The van der Waals surface area contributed by atoms with Gasteiger partial charge in [0.25, 0.3) is 5.56 Å². The van der Waals surface area contributed by atoms with E-state index in [9.17, 15) is 19.5 Å². The standard InChI is InChI=1S/C36H46N2O6/c1-3-5-6-7-8-9-10-11-12-13-14-15-16-17-32(39)44-27-18-19-30-25(21-27)20-26-23-38-31(33(26)37-30)22-29-28(34(38)40)24-43-35(41)36(29,42)4-2/h18-22,42H,3-17,23-24H2,1-2H3/t36-/m0/s1. The zero-order chi connectivity index (χ0) is 31.1. The van der Waals surface area contributed by atoms with Crippen LogP contribution in [-0.4, -0.2) is 26.6 Å². The van der Waals surface area contributed by atoms with E-state index < -0.39 is 11.6 Å². The van der Waals surface area contributed by atoms with Crippen LogP contribution in [0, 0.1) is 0 Å². The molecule has 8 nitrogen and oxygen atoms in total. The molecule has 1 atom stereocenters. The first-order valence-corrected chi connectivity index (χ1v) is 16.7. The molecule has 0 radical (unpaired) electrons. The summed E-state index contributed by atoms with van der Waals surface area (Å²) in [6.07, 6.45) is 16.9. The molecule has 44 heavy (non-hydrogen) atoms. The van der Waals surface area contributed by atoms with E-state index in [0.717, 1.165) is 30.2 Å². The predicted molar refractivity (Wildman–Crippen MR) is 170 cm³/mol. The van der Waals surface area contributed by atoms with Crippen molar-refractivity contribution in [3.05, 3.63) is 57.4 Å². The molecule has 1 N–H and O–H groups in total. The number of carbonyl (C=O) groups is 2. The van der Waals surface area contributed by atoms with E-state index in [2.05, 4.69) is 6.92 Å². The quantitative estimate of drug-likeness (QED) is 0.0805. The summed E-state index contributed by atoms with van der Waals surface area (Å²) < 4.78 is 12.4. The normalized spacial score (nSPS) is 16.8. The van der Waals surface area contributed by atoms with Gasteiger partial charge < -0.3 is 19.1 Å². The molecule has 2 aromatic heterocycles. The Kier molecular flexibility index (Phi) is 10.5. The van der Waals surface area contributed by atoms with E-state index in [1.807, 2.05) is 18.2 Å². The molecule has 8 heteroatoms. The number of cyclic esters (lactones) is 1. The highest BCUT2D eigenvalue weighted by Gasteiger charge is 2.45. The summed E-state index contributed by atoms with van der Waals surface area (Å²) in [5, 5.41) is 11.9. The number of aliphatic hydroxyl groups is 1. The Balaban J connectivity index is 1.12. The van der Waals surface area contributed by atoms with Crippen LogP contribution in [0.25, 0.3) is 22.3 Å². The lowest BCUT2D eigenvalue weighted by Crippen LogP contribution is -2.44. The van der Waals surface area contributed by atoms with E-state index in [1.165, 1.54) is 64.2 Å². The molecule has 5 rings (SSSR count). The minimum Gasteiger partial charge on any atom is -0.458 e. The maximum atomic E-state index is 13.4.